The summed E-state index contributed by atoms with van der Waals surface area (Å²) in [4.78, 5) is 0. The Bertz CT molecular complexity index is 436. The van der Waals surface area contributed by atoms with Gasteiger partial charge in [-0.15, -0.1) is 0 Å². The summed E-state index contributed by atoms with van der Waals surface area (Å²) in [6.07, 6.45) is 4.41. The first-order chi connectivity index (χ1) is 9.23. The van der Waals surface area contributed by atoms with E-state index in [2.05, 4.69) is 58.9 Å². The van der Waals surface area contributed by atoms with Crippen LogP contribution in [0.5, 0.6) is 0 Å². The number of aliphatic hydroxyl groups excluding tert-OH is 1. The van der Waals surface area contributed by atoms with Gasteiger partial charge in [0.25, 0.3) is 0 Å². The molecule has 0 amide bonds. The van der Waals surface area contributed by atoms with Crippen LogP contribution in [0.2, 0.25) is 0 Å². The van der Waals surface area contributed by atoms with Crippen molar-refractivity contribution >= 4 is 0 Å². The molecule has 0 saturated heterocycles. The predicted octanol–water partition coefficient (Wildman–Crippen LogP) is 4.81. The van der Waals surface area contributed by atoms with Crippen LogP contribution in [0.1, 0.15) is 71.4 Å². The van der Waals surface area contributed by atoms with E-state index in [0.717, 1.165) is 12.8 Å². The third-order valence-electron chi connectivity index (χ3n) is 5.15. The molecule has 0 aromatic heterocycles. The Labute approximate surface area is 124 Å². The fourth-order valence-electron chi connectivity index (χ4n) is 3.57. The summed E-state index contributed by atoms with van der Waals surface area (Å²) < 4.78 is 0. The fraction of sp³-hybridized carbons (Fsp3) is 0.684. The van der Waals surface area contributed by atoms with Gasteiger partial charge in [-0.1, -0.05) is 71.7 Å². The monoisotopic (exact) mass is 274 g/mol. The van der Waals surface area contributed by atoms with Gasteiger partial charge in [0.05, 0.1) is 6.10 Å². The molecule has 0 spiro atoms. The molecule has 1 aliphatic rings. The maximum atomic E-state index is 10.3. The Morgan fingerprint density at radius 3 is 1.85 bits per heavy atom. The standard InChI is InChI=1S/C19H30O/c1-18(2,3)14-10-12-15(13-11-14)19(4,5)16-8-6-7-9-17(16)20/h10-13,16-17,20H,6-9H2,1-5H3/t16-,17-/m1/s1. The minimum absolute atomic E-state index is 0.0518. The highest BCUT2D eigenvalue weighted by molar-refractivity contribution is 5.32. The van der Waals surface area contributed by atoms with Crippen molar-refractivity contribution in [2.45, 2.75) is 77.2 Å². The second-order valence-electron chi connectivity index (χ2n) is 8.01. The highest BCUT2D eigenvalue weighted by atomic mass is 16.3. The van der Waals surface area contributed by atoms with Crippen LogP contribution in [0.3, 0.4) is 0 Å². The quantitative estimate of drug-likeness (QED) is 0.820. The topological polar surface area (TPSA) is 20.2 Å². The molecule has 0 bridgehead atoms. The molecule has 0 radical (unpaired) electrons. The van der Waals surface area contributed by atoms with Gasteiger partial charge in [-0.25, -0.2) is 0 Å². The molecule has 1 saturated carbocycles. The summed E-state index contributed by atoms with van der Waals surface area (Å²) in [5.41, 5.74) is 2.99. The Balaban J connectivity index is 2.25. The van der Waals surface area contributed by atoms with E-state index in [9.17, 15) is 5.11 Å². The molecule has 1 aromatic rings. The van der Waals surface area contributed by atoms with Crippen molar-refractivity contribution < 1.29 is 5.11 Å². The normalized spacial score (nSPS) is 24.7. The lowest BCUT2D eigenvalue weighted by Crippen LogP contribution is -2.39. The lowest BCUT2D eigenvalue weighted by Gasteiger charge is -2.41. The maximum absolute atomic E-state index is 10.3. The molecule has 0 unspecified atom stereocenters. The average molecular weight is 274 g/mol. The summed E-state index contributed by atoms with van der Waals surface area (Å²) in [7, 11) is 0. The Morgan fingerprint density at radius 1 is 0.850 bits per heavy atom. The molecule has 1 aliphatic carbocycles. The van der Waals surface area contributed by atoms with E-state index in [1.54, 1.807) is 0 Å². The van der Waals surface area contributed by atoms with Gasteiger partial charge in [-0.05, 0) is 40.7 Å². The molecule has 20 heavy (non-hydrogen) atoms. The van der Waals surface area contributed by atoms with Gasteiger partial charge < -0.3 is 5.11 Å². The summed E-state index contributed by atoms with van der Waals surface area (Å²) in [6, 6.07) is 9.04. The van der Waals surface area contributed by atoms with E-state index < -0.39 is 0 Å². The first kappa shape index (κ1) is 15.6. The molecule has 0 heterocycles. The first-order valence-corrected chi connectivity index (χ1v) is 8.02. The van der Waals surface area contributed by atoms with Crippen molar-refractivity contribution in [1.29, 1.82) is 0 Å². The van der Waals surface area contributed by atoms with Crippen LogP contribution < -0.4 is 0 Å². The lowest BCUT2D eigenvalue weighted by atomic mass is 9.66. The summed E-state index contributed by atoms with van der Waals surface area (Å²) in [6.45, 7) is 11.3. The minimum Gasteiger partial charge on any atom is -0.393 e. The lowest BCUT2D eigenvalue weighted by molar-refractivity contribution is 0.0321. The minimum atomic E-state index is -0.138. The Morgan fingerprint density at radius 2 is 1.35 bits per heavy atom. The van der Waals surface area contributed by atoms with E-state index in [1.165, 1.54) is 24.0 Å². The largest absolute Gasteiger partial charge is 0.393 e. The van der Waals surface area contributed by atoms with Gasteiger partial charge in [0, 0.05) is 0 Å². The molecule has 2 rings (SSSR count). The van der Waals surface area contributed by atoms with E-state index in [0.29, 0.717) is 5.92 Å². The van der Waals surface area contributed by atoms with Crippen molar-refractivity contribution in [3.63, 3.8) is 0 Å². The van der Waals surface area contributed by atoms with E-state index in [4.69, 9.17) is 0 Å². The van der Waals surface area contributed by atoms with Crippen LogP contribution in [0.25, 0.3) is 0 Å². The molecule has 1 fully saturated rings. The van der Waals surface area contributed by atoms with Gasteiger partial charge in [-0.2, -0.15) is 0 Å². The number of benzene rings is 1. The Kier molecular flexibility index (Phi) is 4.30. The van der Waals surface area contributed by atoms with Crippen molar-refractivity contribution in [2.75, 3.05) is 0 Å². The van der Waals surface area contributed by atoms with Gasteiger partial charge >= 0.3 is 0 Å². The van der Waals surface area contributed by atoms with Crippen LogP contribution >= 0.6 is 0 Å². The van der Waals surface area contributed by atoms with Gasteiger partial charge in [-0.3, -0.25) is 0 Å². The SMILES string of the molecule is CC(C)(C)c1ccc(C(C)(C)[C@@H]2CCCC[C@H]2O)cc1. The third-order valence-corrected chi connectivity index (χ3v) is 5.15. The number of aliphatic hydroxyl groups is 1. The van der Waals surface area contributed by atoms with Crippen LogP contribution in [0.15, 0.2) is 24.3 Å². The molecule has 1 nitrogen and oxygen atoms in total. The summed E-state index contributed by atoms with van der Waals surface area (Å²) >= 11 is 0. The zero-order chi connectivity index (χ0) is 15.0. The smallest absolute Gasteiger partial charge is 0.0576 e. The summed E-state index contributed by atoms with van der Waals surface area (Å²) in [5.74, 6) is 0.386. The average Bonchev–Trinajstić information content (AvgIpc) is 2.38. The van der Waals surface area contributed by atoms with Crippen LogP contribution in [-0.2, 0) is 10.8 Å². The molecular weight excluding hydrogens is 244 g/mol. The highest BCUT2D eigenvalue weighted by Gasteiger charge is 2.37. The van der Waals surface area contributed by atoms with Crippen molar-refractivity contribution in [1.82, 2.24) is 0 Å². The van der Waals surface area contributed by atoms with Gasteiger partial charge in [0.15, 0.2) is 0 Å². The number of hydrogen-bond donors (Lipinski definition) is 1. The first-order valence-electron chi connectivity index (χ1n) is 8.02. The van der Waals surface area contributed by atoms with E-state index in [1.807, 2.05) is 0 Å². The molecular formula is C19H30O. The number of rotatable bonds is 2. The Hall–Kier alpha value is -0.820. The molecule has 0 aliphatic heterocycles. The molecule has 1 heteroatoms. The van der Waals surface area contributed by atoms with Crippen LogP contribution in [0, 0.1) is 5.92 Å². The third kappa shape index (κ3) is 3.09. The van der Waals surface area contributed by atoms with Gasteiger partial charge in [0.2, 0.25) is 0 Å². The number of hydrogen-bond acceptors (Lipinski definition) is 1. The van der Waals surface area contributed by atoms with E-state index >= 15 is 0 Å². The molecule has 2 atom stereocenters. The molecule has 1 aromatic carbocycles. The second-order valence-corrected chi connectivity index (χ2v) is 8.01. The predicted molar refractivity (Wildman–Crippen MR) is 86.1 cm³/mol. The van der Waals surface area contributed by atoms with Crippen LogP contribution in [-0.4, -0.2) is 11.2 Å². The van der Waals surface area contributed by atoms with Crippen molar-refractivity contribution in [3.8, 4) is 0 Å². The maximum Gasteiger partial charge on any atom is 0.0576 e. The zero-order valence-electron chi connectivity index (χ0n) is 13.7. The van der Waals surface area contributed by atoms with Gasteiger partial charge in [0.1, 0.15) is 0 Å². The fourth-order valence-corrected chi connectivity index (χ4v) is 3.57. The zero-order valence-corrected chi connectivity index (χ0v) is 13.7. The van der Waals surface area contributed by atoms with Crippen LogP contribution in [0.4, 0.5) is 0 Å². The van der Waals surface area contributed by atoms with Crippen molar-refractivity contribution in [3.05, 3.63) is 35.4 Å². The van der Waals surface area contributed by atoms with E-state index in [-0.39, 0.29) is 16.9 Å². The second kappa shape index (κ2) is 5.52. The van der Waals surface area contributed by atoms with Crippen molar-refractivity contribution in [2.24, 2.45) is 5.92 Å². The molecule has 1 N–H and O–H groups in total. The highest BCUT2D eigenvalue weighted by Crippen LogP contribution is 2.41. The summed E-state index contributed by atoms with van der Waals surface area (Å²) in [5, 5.41) is 10.3. The molecule has 112 valence electrons.